The minimum Gasteiger partial charge on any atom is -0.496 e. The van der Waals surface area contributed by atoms with E-state index >= 15 is 0 Å². The Hall–Kier alpha value is -4.51. The Balaban J connectivity index is 1.82. The third kappa shape index (κ3) is 4.12. The van der Waals surface area contributed by atoms with Gasteiger partial charge in [-0.1, -0.05) is 41.7 Å². The van der Waals surface area contributed by atoms with E-state index in [9.17, 15) is 19.7 Å². The molecule has 37 heavy (non-hydrogen) atoms. The molecule has 0 radical (unpaired) electrons. The Bertz CT molecular complexity index is 1780. The third-order valence-electron chi connectivity index (χ3n) is 6.01. The van der Waals surface area contributed by atoms with E-state index in [1.807, 2.05) is 30.3 Å². The normalized spacial score (nSPS) is 15.4. The van der Waals surface area contributed by atoms with Gasteiger partial charge in [0.2, 0.25) is 0 Å². The quantitative estimate of drug-likeness (QED) is 0.217. The lowest BCUT2D eigenvalue weighted by Gasteiger charge is -2.27. The van der Waals surface area contributed by atoms with E-state index in [4.69, 9.17) is 13.9 Å². The van der Waals surface area contributed by atoms with Crippen LogP contribution in [-0.4, -0.2) is 29.2 Å². The molecule has 4 aromatic rings. The van der Waals surface area contributed by atoms with Crippen LogP contribution < -0.4 is 19.6 Å². The lowest BCUT2D eigenvalue weighted by atomic mass is 9.90. The lowest BCUT2D eigenvalue weighted by Crippen LogP contribution is -2.40. The molecule has 1 aliphatic heterocycles. The molecular formula is C26H21N3O7S. The second-order valence-electron chi connectivity index (χ2n) is 8.14. The van der Waals surface area contributed by atoms with Crippen LogP contribution in [0.4, 0.5) is 5.88 Å². The first-order chi connectivity index (χ1) is 17.8. The largest absolute Gasteiger partial charge is 0.496 e. The monoisotopic (exact) mass is 519 g/mol. The van der Waals surface area contributed by atoms with Crippen molar-refractivity contribution < 1.29 is 23.6 Å². The summed E-state index contributed by atoms with van der Waals surface area (Å²) < 4.78 is 18.0. The van der Waals surface area contributed by atoms with Crippen LogP contribution in [0.2, 0.25) is 0 Å². The predicted molar refractivity (Wildman–Crippen MR) is 136 cm³/mol. The van der Waals surface area contributed by atoms with E-state index in [1.54, 1.807) is 19.9 Å². The molecule has 0 spiro atoms. The number of nitro groups is 1. The summed E-state index contributed by atoms with van der Waals surface area (Å²) in [4.78, 5) is 42.3. The van der Waals surface area contributed by atoms with Crippen molar-refractivity contribution in [2.24, 2.45) is 4.99 Å². The average Bonchev–Trinajstić information content (AvgIpc) is 3.47. The highest BCUT2D eigenvalue weighted by atomic mass is 32.1. The maximum atomic E-state index is 13.8. The van der Waals surface area contributed by atoms with Crippen molar-refractivity contribution in [1.29, 1.82) is 0 Å². The van der Waals surface area contributed by atoms with E-state index in [-0.39, 0.29) is 22.5 Å². The molecule has 188 valence electrons. The Labute approximate surface area is 213 Å². The number of benzene rings is 2. The maximum absolute atomic E-state index is 13.8. The van der Waals surface area contributed by atoms with Gasteiger partial charge in [0.15, 0.2) is 4.80 Å². The molecule has 1 aliphatic rings. The Morgan fingerprint density at radius 2 is 2.03 bits per heavy atom. The van der Waals surface area contributed by atoms with Crippen LogP contribution in [0.3, 0.4) is 0 Å². The van der Waals surface area contributed by atoms with Crippen molar-refractivity contribution in [3.05, 3.63) is 101 Å². The van der Waals surface area contributed by atoms with Crippen LogP contribution in [0.15, 0.2) is 74.0 Å². The summed E-state index contributed by atoms with van der Waals surface area (Å²) in [5, 5.41) is 12.7. The van der Waals surface area contributed by atoms with Crippen LogP contribution in [0.5, 0.6) is 5.75 Å². The van der Waals surface area contributed by atoms with Crippen LogP contribution in [0, 0.1) is 10.1 Å². The van der Waals surface area contributed by atoms with Crippen molar-refractivity contribution in [1.82, 2.24) is 4.57 Å². The van der Waals surface area contributed by atoms with E-state index in [2.05, 4.69) is 4.99 Å². The van der Waals surface area contributed by atoms with Crippen molar-refractivity contribution in [3.8, 4) is 5.75 Å². The van der Waals surface area contributed by atoms with Crippen molar-refractivity contribution in [2.45, 2.75) is 19.9 Å². The van der Waals surface area contributed by atoms with Gasteiger partial charge in [0.05, 0.1) is 35.6 Å². The zero-order chi connectivity index (χ0) is 26.3. The molecule has 0 N–H and O–H groups in total. The summed E-state index contributed by atoms with van der Waals surface area (Å²) in [6.07, 6.45) is 1.43. The first-order valence-electron chi connectivity index (χ1n) is 11.3. The van der Waals surface area contributed by atoms with Gasteiger partial charge in [-0.05, 0) is 36.8 Å². The van der Waals surface area contributed by atoms with Gasteiger partial charge in [-0.15, -0.1) is 0 Å². The fourth-order valence-corrected chi connectivity index (χ4v) is 5.47. The Morgan fingerprint density at radius 3 is 2.73 bits per heavy atom. The van der Waals surface area contributed by atoms with E-state index < -0.39 is 28.4 Å². The first kappa shape index (κ1) is 24.2. The van der Waals surface area contributed by atoms with E-state index in [0.717, 1.165) is 22.1 Å². The van der Waals surface area contributed by atoms with E-state index in [1.165, 1.54) is 29.9 Å². The summed E-state index contributed by atoms with van der Waals surface area (Å²) in [6.45, 7) is 3.56. The first-order valence-corrected chi connectivity index (χ1v) is 12.1. The summed E-state index contributed by atoms with van der Waals surface area (Å²) >= 11 is 1.09. The van der Waals surface area contributed by atoms with Gasteiger partial charge in [0.1, 0.15) is 22.5 Å². The minimum atomic E-state index is -0.885. The van der Waals surface area contributed by atoms with Gasteiger partial charge in [-0.3, -0.25) is 19.5 Å². The standard InChI is InChI=1S/C26H21N3O7S/c1-4-35-25(31)21-14(2)27-26-28(24(30)19(37-26)13-16-10-12-20(36-16)29(32)33)23(21)22-17-8-6-5-7-15(17)9-11-18(22)34-3/h5-13,23H,4H2,1-3H3/b19-13-/t23-/m1/s1. The number of carbonyl (C=O) groups is 1. The second-order valence-corrected chi connectivity index (χ2v) is 9.15. The molecule has 11 heteroatoms. The van der Waals surface area contributed by atoms with Crippen molar-refractivity contribution >= 4 is 40.0 Å². The second kappa shape index (κ2) is 9.51. The molecule has 5 rings (SSSR count). The number of fused-ring (bicyclic) bond motifs is 2. The molecule has 0 fully saturated rings. The highest BCUT2D eigenvalue weighted by molar-refractivity contribution is 7.07. The summed E-state index contributed by atoms with van der Waals surface area (Å²) in [7, 11) is 1.53. The molecule has 10 nitrogen and oxygen atoms in total. The molecule has 0 amide bonds. The average molecular weight is 520 g/mol. The SMILES string of the molecule is CCOC(=O)C1=C(C)N=c2s/c(=C\c3ccc([N+](=O)[O-])o3)c(=O)n2[C@H]1c1c(OC)ccc2ccccc12. The fraction of sp³-hybridized carbons (Fsp3) is 0.192. The number of furan rings is 1. The van der Waals surface area contributed by atoms with Gasteiger partial charge >= 0.3 is 11.9 Å². The Kier molecular flexibility index (Phi) is 6.22. The maximum Gasteiger partial charge on any atom is 0.433 e. The number of thiazole rings is 1. The number of carbonyl (C=O) groups excluding carboxylic acids is 1. The van der Waals surface area contributed by atoms with Gasteiger partial charge < -0.3 is 13.9 Å². The summed E-state index contributed by atoms with van der Waals surface area (Å²) in [6, 6.07) is 13.1. The number of hydrogen-bond donors (Lipinski definition) is 0. The molecule has 1 atom stereocenters. The Morgan fingerprint density at radius 1 is 1.24 bits per heavy atom. The number of methoxy groups -OCH3 is 1. The van der Waals surface area contributed by atoms with Crippen LogP contribution in [0.1, 0.15) is 31.2 Å². The number of aromatic nitrogens is 1. The van der Waals surface area contributed by atoms with Crippen LogP contribution >= 0.6 is 11.3 Å². The van der Waals surface area contributed by atoms with Crippen molar-refractivity contribution in [3.63, 3.8) is 0 Å². The predicted octanol–water partition coefficient (Wildman–Crippen LogP) is 3.46. The van der Waals surface area contributed by atoms with Crippen molar-refractivity contribution in [2.75, 3.05) is 13.7 Å². The highest BCUT2D eigenvalue weighted by Gasteiger charge is 2.36. The number of rotatable bonds is 6. The van der Waals surface area contributed by atoms with Gasteiger partial charge in [0, 0.05) is 11.6 Å². The van der Waals surface area contributed by atoms with Gasteiger partial charge in [-0.2, -0.15) is 0 Å². The zero-order valence-electron chi connectivity index (χ0n) is 20.1. The fourth-order valence-electron chi connectivity index (χ4n) is 4.45. The lowest BCUT2D eigenvalue weighted by molar-refractivity contribution is -0.402. The number of nitrogens with zero attached hydrogens (tertiary/aromatic N) is 3. The molecule has 0 aliphatic carbocycles. The number of hydrogen-bond acceptors (Lipinski definition) is 9. The molecule has 2 aromatic heterocycles. The number of esters is 1. The zero-order valence-corrected chi connectivity index (χ0v) is 20.9. The highest BCUT2D eigenvalue weighted by Crippen LogP contribution is 2.40. The molecular weight excluding hydrogens is 498 g/mol. The van der Waals surface area contributed by atoms with E-state index in [0.29, 0.717) is 21.8 Å². The summed E-state index contributed by atoms with van der Waals surface area (Å²) in [5.74, 6) is -0.369. The molecule has 0 saturated heterocycles. The minimum absolute atomic E-state index is 0.150. The molecule has 3 heterocycles. The summed E-state index contributed by atoms with van der Waals surface area (Å²) in [5.41, 5.74) is 0.834. The number of ether oxygens (including phenoxy) is 2. The molecule has 0 bridgehead atoms. The van der Waals surface area contributed by atoms with Gasteiger partial charge in [-0.25, -0.2) is 9.79 Å². The topological polar surface area (TPSA) is 126 Å². The van der Waals surface area contributed by atoms with Gasteiger partial charge in [0.25, 0.3) is 5.56 Å². The third-order valence-corrected chi connectivity index (χ3v) is 6.99. The van der Waals surface area contributed by atoms with Crippen LogP contribution in [-0.2, 0) is 9.53 Å². The number of allylic oxidation sites excluding steroid dienone is 1. The smallest absolute Gasteiger partial charge is 0.433 e. The molecule has 0 saturated carbocycles. The molecule has 0 unspecified atom stereocenters. The van der Waals surface area contributed by atoms with Crippen LogP contribution in [0.25, 0.3) is 16.8 Å². The molecule has 2 aromatic carbocycles.